The first-order chi connectivity index (χ1) is 14.3. The van der Waals surface area contributed by atoms with Gasteiger partial charge >= 0.3 is 0 Å². The fourth-order valence-electron chi connectivity index (χ4n) is 2.78. The minimum Gasteiger partial charge on any atom is -0.379 e. The Balaban J connectivity index is 2.26. The summed E-state index contributed by atoms with van der Waals surface area (Å²) in [5.41, 5.74) is 5.66. The van der Waals surface area contributed by atoms with Crippen molar-refractivity contribution >= 4 is 5.91 Å². The highest BCUT2D eigenvalue weighted by atomic mass is 16.5. The van der Waals surface area contributed by atoms with Gasteiger partial charge < -0.3 is 25.0 Å². The summed E-state index contributed by atoms with van der Waals surface area (Å²) >= 11 is 0. The van der Waals surface area contributed by atoms with E-state index in [1.54, 1.807) is 0 Å². The van der Waals surface area contributed by atoms with Crippen LogP contribution in [0.3, 0.4) is 0 Å². The van der Waals surface area contributed by atoms with E-state index in [-0.39, 0.29) is 5.91 Å². The Morgan fingerprint density at radius 1 is 1.07 bits per heavy atom. The van der Waals surface area contributed by atoms with E-state index in [2.05, 4.69) is 50.8 Å². The number of carbonyl (C=O) groups is 1. The zero-order valence-corrected chi connectivity index (χ0v) is 19.3. The third-order valence-electron chi connectivity index (χ3n) is 4.39. The molecule has 0 heterocycles. The molecule has 1 aromatic carbocycles. The van der Waals surface area contributed by atoms with Gasteiger partial charge in [-0.1, -0.05) is 31.9 Å². The summed E-state index contributed by atoms with van der Waals surface area (Å²) < 4.78 is 11.7. The number of hydrogen-bond acceptors (Lipinski definition) is 3. The number of benzene rings is 1. The van der Waals surface area contributed by atoms with Crippen LogP contribution in [0.15, 0.2) is 24.3 Å². The van der Waals surface area contributed by atoms with Crippen LogP contribution >= 0.6 is 0 Å². The van der Waals surface area contributed by atoms with E-state index in [1.165, 1.54) is 5.56 Å². The molecule has 0 bridgehead atoms. The lowest BCUT2D eigenvalue weighted by atomic mass is 10.1. The largest absolute Gasteiger partial charge is 0.379 e. The number of rotatable bonds is 14. The molecule has 1 rings (SSSR count). The maximum atomic E-state index is 12.3. The van der Waals surface area contributed by atoms with Crippen molar-refractivity contribution in [2.24, 2.45) is 5.92 Å². The van der Waals surface area contributed by atoms with Gasteiger partial charge in [0.15, 0.2) is 0 Å². The molecule has 0 aliphatic carbocycles. The van der Waals surface area contributed by atoms with E-state index >= 15 is 0 Å². The predicted octanol–water partition coefficient (Wildman–Crippen LogP) is 1.71. The molecule has 0 saturated carbocycles. The molecule has 0 fully saturated rings. The number of amides is 1. The summed E-state index contributed by atoms with van der Waals surface area (Å²) in [6.07, 6.45) is 1.77. The smallest absolute Gasteiger partial charge is 0.251 e. The summed E-state index contributed by atoms with van der Waals surface area (Å²) in [4.78, 5) is 12.3. The van der Waals surface area contributed by atoms with Gasteiger partial charge in [0.05, 0.1) is 40.5 Å². The molecule has 0 spiro atoms. The van der Waals surface area contributed by atoms with Crippen LogP contribution in [0, 0.1) is 17.8 Å². The van der Waals surface area contributed by atoms with Crippen molar-refractivity contribution in [1.29, 1.82) is 0 Å². The van der Waals surface area contributed by atoms with E-state index in [0.29, 0.717) is 37.8 Å². The summed E-state index contributed by atoms with van der Waals surface area (Å²) in [5.74, 6) is 6.84. The van der Waals surface area contributed by atoms with Crippen LogP contribution in [0.2, 0.25) is 0 Å². The van der Waals surface area contributed by atoms with E-state index in [9.17, 15) is 4.79 Å². The molecule has 6 nitrogen and oxygen atoms in total. The molecule has 0 atom stereocenters. The van der Waals surface area contributed by atoms with E-state index in [0.717, 1.165) is 43.6 Å². The molecule has 1 aromatic rings. The van der Waals surface area contributed by atoms with Crippen LogP contribution < -0.4 is 11.1 Å². The highest BCUT2D eigenvalue weighted by Crippen LogP contribution is 2.11. The molecule has 0 aliphatic rings. The Labute approximate surface area is 182 Å². The minimum atomic E-state index is -0.0467. The van der Waals surface area contributed by atoms with Gasteiger partial charge in [-0.2, -0.15) is 0 Å². The predicted molar refractivity (Wildman–Crippen MR) is 121 cm³/mol. The Hall–Kier alpha value is -1.91. The monoisotopic (exact) mass is 419 g/mol. The Morgan fingerprint density at radius 2 is 1.70 bits per heavy atom. The van der Waals surface area contributed by atoms with Crippen molar-refractivity contribution in [3.63, 3.8) is 0 Å². The molecular formula is C24H41N3O3+2. The topological polar surface area (TPSA) is 75.2 Å². The number of nitrogens with one attached hydrogen (secondary N) is 1. The summed E-state index contributed by atoms with van der Waals surface area (Å²) in [6, 6.07) is 7.85. The summed E-state index contributed by atoms with van der Waals surface area (Å²) in [6.45, 7) is 9.95. The number of hydrogen-bond donors (Lipinski definition) is 2. The second-order valence-corrected chi connectivity index (χ2v) is 8.47. The normalized spacial score (nSPS) is 11.3. The Bertz CT molecular complexity index is 661. The van der Waals surface area contributed by atoms with Crippen LogP contribution in [0.4, 0.5) is 0 Å². The van der Waals surface area contributed by atoms with Gasteiger partial charge in [0.25, 0.3) is 5.91 Å². The van der Waals surface area contributed by atoms with Crippen LogP contribution in [-0.4, -0.2) is 70.5 Å². The van der Waals surface area contributed by atoms with Gasteiger partial charge in [-0.25, -0.2) is 0 Å². The van der Waals surface area contributed by atoms with Crippen molar-refractivity contribution in [2.45, 2.75) is 33.2 Å². The zero-order chi connectivity index (χ0) is 22.2. The van der Waals surface area contributed by atoms with Crippen molar-refractivity contribution < 1.29 is 24.5 Å². The highest BCUT2D eigenvalue weighted by Gasteiger charge is 2.15. The maximum Gasteiger partial charge on any atom is 0.251 e. The van der Waals surface area contributed by atoms with Crippen molar-refractivity contribution in [2.75, 3.05) is 60.2 Å². The highest BCUT2D eigenvalue weighted by molar-refractivity contribution is 5.94. The Kier molecular flexibility index (Phi) is 13.0. The van der Waals surface area contributed by atoms with Crippen LogP contribution in [-0.2, 0) is 16.0 Å². The minimum absolute atomic E-state index is 0.0467. The van der Waals surface area contributed by atoms with Crippen LogP contribution in [0.25, 0.3) is 0 Å². The molecule has 30 heavy (non-hydrogen) atoms. The quantitative estimate of drug-likeness (QED) is 0.274. The van der Waals surface area contributed by atoms with Crippen molar-refractivity contribution in [3.8, 4) is 11.8 Å². The average Bonchev–Trinajstić information content (AvgIpc) is 2.69. The molecule has 0 saturated heterocycles. The van der Waals surface area contributed by atoms with Crippen LogP contribution in [0.1, 0.15) is 42.6 Å². The number of carbonyl (C=O) groups excluding carboxylic acids is 1. The number of ether oxygens (including phenoxy) is 2. The second kappa shape index (κ2) is 15.0. The van der Waals surface area contributed by atoms with Crippen LogP contribution in [0.5, 0.6) is 0 Å². The van der Waals surface area contributed by atoms with E-state index in [1.807, 2.05) is 24.3 Å². The van der Waals surface area contributed by atoms with Gasteiger partial charge in [0.2, 0.25) is 0 Å². The lowest BCUT2D eigenvalue weighted by Gasteiger charge is -2.27. The third-order valence-corrected chi connectivity index (χ3v) is 4.39. The maximum absolute atomic E-state index is 12.3. The SMILES string of the molecule is CC(C)C#CC[N+](C)(C)Cc1ccc(C(=O)NCCCOCCOCCC[NH3+])cc1. The summed E-state index contributed by atoms with van der Waals surface area (Å²) in [5, 5.41) is 2.94. The van der Waals surface area contributed by atoms with Gasteiger partial charge in [0.1, 0.15) is 13.1 Å². The second-order valence-electron chi connectivity index (χ2n) is 8.47. The van der Waals surface area contributed by atoms with Crippen molar-refractivity contribution in [1.82, 2.24) is 5.32 Å². The molecule has 0 aromatic heterocycles. The molecule has 168 valence electrons. The molecule has 0 aliphatic heterocycles. The molecule has 4 N–H and O–H groups in total. The first-order valence-corrected chi connectivity index (χ1v) is 11.0. The van der Waals surface area contributed by atoms with Gasteiger partial charge in [-0.15, -0.1) is 0 Å². The lowest BCUT2D eigenvalue weighted by Crippen LogP contribution is -2.50. The standard InChI is InChI=1S/C24H39N3O3/c1-21(2)8-5-15-27(3,4)20-22-9-11-23(12-10-22)24(28)26-14-7-17-30-19-18-29-16-6-13-25/h9-12,21H,6-7,13-20,25H2,1-4H3/p+2. The first-order valence-electron chi connectivity index (χ1n) is 11.0. The molecule has 0 unspecified atom stereocenters. The van der Waals surface area contributed by atoms with Gasteiger partial charge in [-0.05, 0) is 24.5 Å². The van der Waals surface area contributed by atoms with Gasteiger partial charge in [0, 0.05) is 36.6 Å². The number of quaternary nitrogens is 2. The van der Waals surface area contributed by atoms with E-state index in [4.69, 9.17) is 9.47 Å². The molecule has 1 amide bonds. The molecular weight excluding hydrogens is 378 g/mol. The molecule has 6 heteroatoms. The average molecular weight is 420 g/mol. The lowest BCUT2D eigenvalue weighted by molar-refractivity contribution is -0.896. The number of nitrogens with zero attached hydrogens (tertiary/aromatic N) is 1. The fourth-order valence-corrected chi connectivity index (χ4v) is 2.78. The fraction of sp³-hybridized carbons (Fsp3) is 0.625. The zero-order valence-electron chi connectivity index (χ0n) is 19.3. The first kappa shape index (κ1) is 26.1. The van der Waals surface area contributed by atoms with Gasteiger partial charge in [-0.3, -0.25) is 4.79 Å². The summed E-state index contributed by atoms with van der Waals surface area (Å²) in [7, 11) is 4.35. The Morgan fingerprint density at radius 3 is 2.30 bits per heavy atom. The van der Waals surface area contributed by atoms with Crippen molar-refractivity contribution in [3.05, 3.63) is 35.4 Å². The van der Waals surface area contributed by atoms with E-state index < -0.39 is 0 Å². The molecule has 0 radical (unpaired) electrons. The third kappa shape index (κ3) is 12.6.